The molecular weight excluding hydrogens is 314 g/mol. The first-order valence-corrected chi connectivity index (χ1v) is 8.50. The highest BCUT2D eigenvalue weighted by atomic mass is 32.1. The van der Waals surface area contributed by atoms with E-state index in [1.807, 2.05) is 23.1 Å². The summed E-state index contributed by atoms with van der Waals surface area (Å²) in [4.78, 5) is 22.7. The summed E-state index contributed by atoms with van der Waals surface area (Å²) >= 11 is 1.44. The van der Waals surface area contributed by atoms with Crippen LogP contribution in [0.15, 0.2) is 35.3 Å². The van der Waals surface area contributed by atoms with Crippen molar-refractivity contribution in [2.24, 2.45) is 11.3 Å². The van der Waals surface area contributed by atoms with Gasteiger partial charge in [0.15, 0.2) is 0 Å². The van der Waals surface area contributed by atoms with Crippen molar-refractivity contribution in [3.05, 3.63) is 41.0 Å². The van der Waals surface area contributed by atoms with E-state index in [0.29, 0.717) is 50.4 Å². The highest BCUT2D eigenvalue weighted by Crippen LogP contribution is 2.42. The first kappa shape index (κ1) is 14.6. The molecule has 4 rings (SSSR count). The number of rotatable bonds is 4. The van der Waals surface area contributed by atoms with Crippen molar-refractivity contribution in [1.29, 1.82) is 0 Å². The number of thiazole rings is 1. The lowest BCUT2D eigenvalue weighted by molar-refractivity contribution is 0.0651. The number of aromatic nitrogens is 2. The van der Waals surface area contributed by atoms with Crippen molar-refractivity contribution in [2.75, 3.05) is 32.9 Å². The zero-order chi connectivity index (χ0) is 15.7. The van der Waals surface area contributed by atoms with Gasteiger partial charge in [0, 0.05) is 36.7 Å². The van der Waals surface area contributed by atoms with Crippen molar-refractivity contribution in [1.82, 2.24) is 14.9 Å². The van der Waals surface area contributed by atoms with Crippen molar-refractivity contribution in [3.8, 4) is 5.88 Å². The lowest BCUT2D eigenvalue weighted by Gasteiger charge is -2.26. The fourth-order valence-electron chi connectivity index (χ4n) is 3.32. The smallest absolute Gasteiger partial charge is 0.273 e. The van der Waals surface area contributed by atoms with Crippen molar-refractivity contribution in [3.63, 3.8) is 0 Å². The fraction of sp³-hybridized carbons (Fsp3) is 0.438. The number of likely N-dealkylation sites (tertiary alicyclic amines) is 1. The van der Waals surface area contributed by atoms with Gasteiger partial charge in [0.2, 0.25) is 5.88 Å². The first-order valence-electron chi connectivity index (χ1n) is 7.56. The topological polar surface area (TPSA) is 64.6 Å². The molecule has 7 heteroatoms. The van der Waals surface area contributed by atoms with E-state index in [1.165, 1.54) is 11.3 Å². The molecule has 2 aromatic heterocycles. The molecule has 0 aromatic carbocycles. The lowest BCUT2D eigenvalue weighted by atomic mass is 9.82. The van der Waals surface area contributed by atoms with Gasteiger partial charge in [0.05, 0.1) is 30.7 Å². The number of hydrogen-bond donors (Lipinski definition) is 0. The van der Waals surface area contributed by atoms with E-state index >= 15 is 0 Å². The molecule has 6 nitrogen and oxygen atoms in total. The number of fused-ring (bicyclic) bond motifs is 1. The standard InChI is InChI=1S/C16H17N3O3S/c20-15(13-7-23-11-18-13)19-5-12-6-21-9-16(12,8-19)10-22-14-3-1-2-4-17-14/h1-4,7,11-12H,5-6,8-10H2/t12-,16+/m1/s1. The van der Waals surface area contributed by atoms with Crippen LogP contribution < -0.4 is 4.74 Å². The lowest BCUT2D eigenvalue weighted by Crippen LogP contribution is -2.38. The summed E-state index contributed by atoms with van der Waals surface area (Å²) in [6.07, 6.45) is 1.71. The molecule has 1 amide bonds. The summed E-state index contributed by atoms with van der Waals surface area (Å²) in [5.74, 6) is 0.906. The summed E-state index contributed by atoms with van der Waals surface area (Å²) in [5, 5.41) is 1.80. The molecule has 2 aromatic rings. The molecule has 2 aliphatic heterocycles. The van der Waals surface area contributed by atoms with Crippen LogP contribution in [0.4, 0.5) is 0 Å². The molecule has 2 atom stereocenters. The van der Waals surface area contributed by atoms with Crippen LogP contribution in [0, 0.1) is 11.3 Å². The number of pyridine rings is 1. The van der Waals surface area contributed by atoms with Gasteiger partial charge in [-0.05, 0) is 6.07 Å². The quantitative estimate of drug-likeness (QED) is 0.853. The van der Waals surface area contributed by atoms with Crippen LogP contribution >= 0.6 is 11.3 Å². The zero-order valence-corrected chi connectivity index (χ0v) is 13.4. The number of carbonyl (C=O) groups excluding carboxylic acids is 1. The van der Waals surface area contributed by atoms with Gasteiger partial charge in [-0.25, -0.2) is 9.97 Å². The molecule has 0 aliphatic carbocycles. The molecule has 2 saturated heterocycles. The van der Waals surface area contributed by atoms with Crippen molar-refractivity contribution < 1.29 is 14.3 Å². The highest BCUT2D eigenvalue weighted by molar-refractivity contribution is 7.07. The Balaban J connectivity index is 1.47. The minimum atomic E-state index is -0.150. The second kappa shape index (κ2) is 5.90. The number of nitrogens with zero attached hydrogens (tertiary/aromatic N) is 3. The maximum atomic E-state index is 12.5. The molecule has 0 N–H and O–H groups in total. The van der Waals surface area contributed by atoms with E-state index in [0.717, 1.165) is 0 Å². The zero-order valence-electron chi connectivity index (χ0n) is 12.6. The first-order chi connectivity index (χ1) is 11.3. The monoisotopic (exact) mass is 331 g/mol. The SMILES string of the molecule is O=C(c1cscn1)N1C[C@@H]2COC[C@]2(COc2ccccn2)C1. The number of ether oxygens (including phenoxy) is 2. The summed E-state index contributed by atoms with van der Waals surface area (Å²) in [6, 6.07) is 5.60. The molecular formula is C16H17N3O3S. The van der Waals surface area contributed by atoms with Crippen LogP contribution in [0.2, 0.25) is 0 Å². The summed E-state index contributed by atoms with van der Waals surface area (Å²) in [6.45, 7) is 3.14. The average molecular weight is 331 g/mol. The second-order valence-corrected chi connectivity index (χ2v) is 6.81. The van der Waals surface area contributed by atoms with E-state index in [1.54, 1.807) is 17.1 Å². The molecule has 0 bridgehead atoms. The van der Waals surface area contributed by atoms with Gasteiger partial charge in [-0.1, -0.05) is 6.07 Å². The minimum Gasteiger partial charge on any atom is -0.477 e. The third-order valence-electron chi connectivity index (χ3n) is 4.61. The van der Waals surface area contributed by atoms with E-state index in [4.69, 9.17) is 9.47 Å². The number of hydrogen-bond acceptors (Lipinski definition) is 6. The van der Waals surface area contributed by atoms with Crippen LogP contribution in [0.1, 0.15) is 10.5 Å². The van der Waals surface area contributed by atoms with Crippen molar-refractivity contribution >= 4 is 17.2 Å². The van der Waals surface area contributed by atoms with Crippen molar-refractivity contribution in [2.45, 2.75) is 0 Å². The van der Waals surface area contributed by atoms with Crippen LogP contribution in [0.5, 0.6) is 5.88 Å². The van der Waals surface area contributed by atoms with Gasteiger partial charge in [-0.15, -0.1) is 11.3 Å². The largest absolute Gasteiger partial charge is 0.477 e. The predicted molar refractivity (Wildman–Crippen MR) is 84.5 cm³/mol. The van der Waals surface area contributed by atoms with Gasteiger partial charge in [-0.2, -0.15) is 0 Å². The predicted octanol–water partition coefficient (Wildman–Crippen LogP) is 1.71. The van der Waals surface area contributed by atoms with Gasteiger partial charge >= 0.3 is 0 Å². The van der Waals surface area contributed by atoms with Gasteiger partial charge < -0.3 is 14.4 Å². The second-order valence-electron chi connectivity index (χ2n) is 6.09. The Morgan fingerprint density at radius 3 is 3.22 bits per heavy atom. The van der Waals surface area contributed by atoms with Gasteiger partial charge in [0.25, 0.3) is 5.91 Å². The Morgan fingerprint density at radius 1 is 1.48 bits per heavy atom. The molecule has 2 fully saturated rings. The third-order valence-corrected chi connectivity index (χ3v) is 5.19. The van der Waals surface area contributed by atoms with E-state index in [2.05, 4.69) is 9.97 Å². The maximum absolute atomic E-state index is 12.5. The Kier molecular flexibility index (Phi) is 3.74. The molecule has 0 unspecified atom stereocenters. The Morgan fingerprint density at radius 2 is 2.43 bits per heavy atom. The average Bonchev–Trinajstić information content (AvgIpc) is 3.29. The normalized spacial score (nSPS) is 26.3. The molecule has 2 aliphatic rings. The maximum Gasteiger partial charge on any atom is 0.273 e. The fourth-order valence-corrected chi connectivity index (χ4v) is 3.85. The Hall–Kier alpha value is -1.99. The summed E-state index contributed by atoms with van der Waals surface area (Å²) < 4.78 is 11.5. The number of amides is 1. The third kappa shape index (κ3) is 2.70. The van der Waals surface area contributed by atoms with Crippen LogP contribution in [-0.4, -0.2) is 53.7 Å². The highest BCUT2D eigenvalue weighted by Gasteiger charge is 2.52. The van der Waals surface area contributed by atoms with Crippen LogP contribution in [-0.2, 0) is 4.74 Å². The molecule has 4 heterocycles. The summed E-state index contributed by atoms with van der Waals surface area (Å²) in [7, 11) is 0. The Labute approximate surface area is 138 Å². The molecule has 23 heavy (non-hydrogen) atoms. The van der Waals surface area contributed by atoms with E-state index in [9.17, 15) is 4.79 Å². The number of carbonyl (C=O) groups is 1. The molecule has 0 saturated carbocycles. The molecule has 0 spiro atoms. The van der Waals surface area contributed by atoms with Gasteiger partial charge in [0.1, 0.15) is 5.69 Å². The van der Waals surface area contributed by atoms with E-state index in [-0.39, 0.29) is 11.3 Å². The Bertz CT molecular complexity index is 679. The van der Waals surface area contributed by atoms with Crippen LogP contribution in [0.3, 0.4) is 0 Å². The molecule has 0 radical (unpaired) electrons. The van der Waals surface area contributed by atoms with Crippen LogP contribution in [0.25, 0.3) is 0 Å². The molecule has 120 valence electrons. The van der Waals surface area contributed by atoms with E-state index < -0.39 is 0 Å². The summed E-state index contributed by atoms with van der Waals surface area (Å²) in [5.41, 5.74) is 2.06. The minimum absolute atomic E-state index is 0.00198. The van der Waals surface area contributed by atoms with Gasteiger partial charge in [-0.3, -0.25) is 4.79 Å².